The van der Waals surface area contributed by atoms with Crippen LogP contribution in [0.1, 0.15) is 90.0 Å². The highest BCUT2D eigenvalue weighted by Gasteiger charge is 2.32. The summed E-state index contributed by atoms with van der Waals surface area (Å²) in [5.41, 5.74) is 9.12. The predicted octanol–water partition coefficient (Wildman–Crippen LogP) is 10.9. The number of pyridine rings is 2. The smallest absolute Gasteiger partial charge is 0.165 e. The average Bonchev–Trinajstić information content (AvgIpc) is 3.86. The molecule has 2 aromatic carbocycles. The zero-order valence-electron chi connectivity index (χ0n) is 30.8. The number of aryl methyl sites for hydroxylation is 2. The second-order valence-corrected chi connectivity index (χ2v) is 17.3. The molecule has 0 atom stereocenters. The first-order chi connectivity index (χ1) is 26.1. The van der Waals surface area contributed by atoms with E-state index in [-0.39, 0.29) is 22.8 Å². The number of carbonyl (C=O) groups excluding carboxylic acids is 2. The van der Waals surface area contributed by atoms with Crippen molar-refractivity contribution in [2.24, 2.45) is 5.41 Å². The highest BCUT2D eigenvalue weighted by atomic mass is 32.1. The summed E-state index contributed by atoms with van der Waals surface area (Å²) in [5.74, 6) is 0.156. The molecule has 54 heavy (non-hydrogen) atoms. The Kier molecular flexibility index (Phi) is 10.1. The molecule has 0 amide bonds. The predicted molar refractivity (Wildman–Crippen MR) is 216 cm³/mol. The lowest BCUT2D eigenvalue weighted by atomic mass is 9.75. The van der Waals surface area contributed by atoms with Crippen molar-refractivity contribution in [2.45, 2.75) is 72.1 Å². The van der Waals surface area contributed by atoms with E-state index in [9.17, 15) is 14.0 Å². The van der Waals surface area contributed by atoms with Crippen LogP contribution in [0.25, 0.3) is 42.3 Å². The number of benzene rings is 2. The SMILES string of the molecule is Cc1cccc(-c2cnc(-c3ccc4c(n3)CC(C)(C)CC4=O)s2)c1.O=C1CCCc2nc(-c3ncc(-c4cc(F)cc(N5CCCCC5)c4)s3)ccc21. The molecule has 0 saturated carbocycles. The molecule has 1 saturated heterocycles. The maximum Gasteiger partial charge on any atom is 0.165 e. The first kappa shape index (κ1) is 36.1. The van der Waals surface area contributed by atoms with Crippen molar-refractivity contribution in [3.8, 4) is 42.3 Å². The Morgan fingerprint density at radius 1 is 0.685 bits per heavy atom. The number of fused-ring (bicyclic) bond motifs is 2. The summed E-state index contributed by atoms with van der Waals surface area (Å²) in [6.07, 6.45) is 11.0. The molecule has 1 aliphatic heterocycles. The van der Waals surface area contributed by atoms with Gasteiger partial charge >= 0.3 is 0 Å². The normalized spacial score (nSPS) is 16.3. The number of thiazole rings is 2. The number of hydrogen-bond acceptors (Lipinski definition) is 9. The van der Waals surface area contributed by atoms with Crippen LogP contribution in [-0.4, -0.2) is 44.6 Å². The van der Waals surface area contributed by atoms with Crippen LogP contribution in [0.15, 0.2) is 79.1 Å². The van der Waals surface area contributed by atoms with E-state index in [1.165, 1.54) is 28.9 Å². The fourth-order valence-electron chi connectivity index (χ4n) is 7.57. The van der Waals surface area contributed by atoms with Crippen molar-refractivity contribution < 1.29 is 14.0 Å². The number of ketones is 2. The molecule has 274 valence electrons. The van der Waals surface area contributed by atoms with Gasteiger partial charge in [0.25, 0.3) is 0 Å². The van der Waals surface area contributed by atoms with Gasteiger partial charge in [0.2, 0.25) is 0 Å². The molecule has 0 radical (unpaired) electrons. The van der Waals surface area contributed by atoms with E-state index >= 15 is 0 Å². The summed E-state index contributed by atoms with van der Waals surface area (Å²) >= 11 is 3.15. The van der Waals surface area contributed by atoms with Crippen molar-refractivity contribution in [3.63, 3.8) is 0 Å². The Bertz CT molecular complexity index is 2370. The minimum absolute atomic E-state index is 0.0225. The van der Waals surface area contributed by atoms with Gasteiger partial charge in [-0.2, -0.15) is 0 Å². The van der Waals surface area contributed by atoms with Crippen LogP contribution in [0.5, 0.6) is 0 Å². The quantitative estimate of drug-likeness (QED) is 0.173. The first-order valence-electron chi connectivity index (χ1n) is 18.7. The molecule has 5 heterocycles. The zero-order valence-corrected chi connectivity index (χ0v) is 32.5. The Labute approximate surface area is 323 Å². The van der Waals surface area contributed by atoms with Crippen LogP contribution in [0, 0.1) is 18.2 Å². The zero-order chi connectivity index (χ0) is 37.4. The highest BCUT2D eigenvalue weighted by molar-refractivity contribution is 7.18. The van der Waals surface area contributed by atoms with E-state index in [1.807, 2.05) is 30.5 Å². The standard InChI is InChI=1S/C23H22FN3OS.C21H20N2OS/c24-16-11-15(12-17(13-16)27-9-2-1-3-10-27)22-14-25-23(29-22)20-8-7-18-19(26-20)5-4-6-21(18)28;1-13-5-4-6-14(9-13)19-12-22-20(25-19)16-8-7-15-17(23-16)10-21(2,3)11-18(15)24/h7-8,11-14H,1-6,9-10H2;4-9,12H,10-11H2,1-3H3. The fraction of sp³-hybridized carbons (Fsp3) is 0.318. The second-order valence-electron chi connectivity index (χ2n) is 15.3. The van der Waals surface area contributed by atoms with Gasteiger partial charge in [-0.1, -0.05) is 43.7 Å². The maximum absolute atomic E-state index is 14.3. The summed E-state index contributed by atoms with van der Waals surface area (Å²) in [4.78, 5) is 47.2. The molecule has 7 nitrogen and oxygen atoms in total. The molecule has 0 unspecified atom stereocenters. The molecule has 9 rings (SSSR count). The molecule has 0 N–H and O–H groups in total. The lowest BCUT2D eigenvalue weighted by Crippen LogP contribution is -2.29. The Balaban J connectivity index is 0.000000155. The topological polar surface area (TPSA) is 88.9 Å². The molecule has 6 aromatic rings. The molecule has 10 heteroatoms. The number of carbonyl (C=O) groups is 2. The van der Waals surface area contributed by atoms with Gasteiger partial charge in [-0.15, -0.1) is 22.7 Å². The molecular formula is C44H42FN5O2S2. The van der Waals surface area contributed by atoms with Crippen LogP contribution < -0.4 is 4.90 Å². The van der Waals surface area contributed by atoms with Crippen molar-refractivity contribution in [1.29, 1.82) is 0 Å². The molecule has 4 aromatic heterocycles. The van der Waals surface area contributed by atoms with E-state index < -0.39 is 0 Å². The van der Waals surface area contributed by atoms with Crippen LogP contribution in [0.3, 0.4) is 0 Å². The number of aromatic nitrogens is 4. The first-order valence-corrected chi connectivity index (χ1v) is 20.3. The number of Topliss-reactive ketones (excluding diaryl/α,β-unsaturated/α-hetero) is 2. The van der Waals surface area contributed by atoms with Gasteiger partial charge in [-0.3, -0.25) is 9.59 Å². The van der Waals surface area contributed by atoms with Gasteiger partial charge < -0.3 is 4.90 Å². The van der Waals surface area contributed by atoms with E-state index in [0.29, 0.717) is 12.8 Å². The highest BCUT2D eigenvalue weighted by Crippen LogP contribution is 2.38. The summed E-state index contributed by atoms with van der Waals surface area (Å²) in [6, 6.07) is 21.3. The molecular weight excluding hydrogens is 714 g/mol. The summed E-state index contributed by atoms with van der Waals surface area (Å²) in [7, 11) is 0. The number of nitrogens with zero attached hydrogens (tertiary/aromatic N) is 5. The summed E-state index contributed by atoms with van der Waals surface area (Å²) in [5, 5.41) is 1.69. The van der Waals surface area contributed by atoms with Gasteiger partial charge in [-0.05, 0) is 104 Å². The lowest BCUT2D eigenvalue weighted by Gasteiger charge is -2.29. The van der Waals surface area contributed by atoms with E-state index in [2.05, 4.69) is 66.0 Å². The molecule has 2 aliphatic carbocycles. The van der Waals surface area contributed by atoms with Crippen molar-refractivity contribution in [1.82, 2.24) is 19.9 Å². The third kappa shape index (κ3) is 7.81. The maximum atomic E-state index is 14.3. The van der Waals surface area contributed by atoms with Gasteiger partial charge in [0, 0.05) is 55.1 Å². The third-order valence-electron chi connectivity index (χ3n) is 10.3. The third-order valence-corrected chi connectivity index (χ3v) is 12.4. The van der Waals surface area contributed by atoms with Crippen molar-refractivity contribution >= 4 is 39.9 Å². The minimum atomic E-state index is -0.219. The van der Waals surface area contributed by atoms with Crippen LogP contribution in [-0.2, 0) is 12.8 Å². The van der Waals surface area contributed by atoms with Gasteiger partial charge in [-0.25, -0.2) is 24.3 Å². The van der Waals surface area contributed by atoms with Gasteiger partial charge in [0.05, 0.1) is 32.5 Å². The van der Waals surface area contributed by atoms with Crippen molar-refractivity contribution in [3.05, 3.63) is 113 Å². The van der Waals surface area contributed by atoms with Gasteiger partial charge in [0.15, 0.2) is 11.6 Å². The number of piperidine rings is 1. The Hall–Kier alpha value is -4.93. The molecule has 1 fully saturated rings. The molecule has 0 spiro atoms. The Morgan fingerprint density at radius 2 is 1.35 bits per heavy atom. The molecule has 0 bridgehead atoms. The van der Waals surface area contributed by atoms with E-state index in [1.54, 1.807) is 29.7 Å². The number of rotatable bonds is 5. The van der Waals surface area contributed by atoms with Crippen LogP contribution in [0.2, 0.25) is 0 Å². The minimum Gasteiger partial charge on any atom is -0.371 e. The average molecular weight is 756 g/mol. The van der Waals surface area contributed by atoms with Gasteiger partial charge in [0.1, 0.15) is 15.8 Å². The Morgan fingerprint density at radius 3 is 2.06 bits per heavy atom. The largest absolute Gasteiger partial charge is 0.371 e. The van der Waals surface area contributed by atoms with E-state index in [0.717, 1.165) is 110 Å². The van der Waals surface area contributed by atoms with Crippen LogP contribution >= 0.6 is 22.7 Å². The second kappa shape index (κ2) is 15.1. The lowest BCUT2D eigenvalue weighted by molar-refractivity contribution is 0.0909. The fourth-order valence-corrected chi connectivity index (χ4v) is 9.33. The summed E-state index contributed by atoms with van der Waals surface area (Å²) in [6.45, 7) is 8.31. The van der Waals surface area contributed by atoms with E-state index in [4.69, 9.17) is 9.97 Å². The monoisotopic (exact) mass is 755 g/mol. The summed E-state index contributed by atoms with van der Waals surface area (Å²) < 4.78 is 14.3. The van der Waals surface area contributed by atoms with Crippen molar-refractivity contribution in [2.75, 3.05) is 18.0 Å². The number of anilines is 1. The number of halogens is 1. The van der Waals surface area contributed by atoms with Crippen LogP contribution in [0.4, 0.5) is 10.1 Å². The number of hydrogen-bond donors (Lipinski definition) is 0. The molecule has 3 aliphatic rings.